The Morgan fingerprint density at radius 3 is 1.07 bits per heavy atom. The summed E-state index contributed by atoms with van der Waals surface area (Å²) in [5.41, 5.74) is 7.34. The number of methoxy groups -OCH3 is 4. The normalized spacial score (nSPS) is 11.8. The molecule has 6 aromatic carbocycles. The van der Waals surface area contributed by atoms with Gasteiger partial charge in [0, 0.05) is 67.7 Å². The van der Waals surface area contributed by atoms with Gasteiger partial charge in [0.2, 0.25) is 0 Å². The molecule has 56 heavy (non-hydrogen) atoms. The zero-order valence-corrected chi connectivity index (χ0v) is 36.2. The van der Waals surface area contributed by atoms with Crippen LogP contribution in [0.5, 0.6) is 23.0 Å². The predicted octanol–water partition coefficient (Wildman–Crippen LogP) is 7.10. The number of nitrogens with zero attached hydrogens (tertiary/aromatic N) is 3. The molecule has 282 valence electrons. The third-order valence-corrected chi connectivity index (χ3v) is 11.1. The van der Waals surface area contributed by atoms with Gasteiger partial charge in [-0.05, 0) is 147 Å². The SMILES string of the molecule is COc1ccc(N(c2ccc(OC)cc2)c2ccc3c(c2)c2cc(N(c4ccc(OC)cc4)c4ccc(OC)cc4)ccc2n3CCC(C)S(=O)(=O)[O-])cc1.[K+]. The number of hydrogen-bond acceptors (Lipinski definition) is 9. The molecule has 0 radical (unpaired) electrons. The minimum atomic E-state index is -4.45. The van der Waals surface area contributed by atoms with Gasteiger partial charge in [0.25, 0.3) is 0 Å². The van der Waals surface area contributed by atoms with E-state index in [0.717, 1.165) is 78.9 Å². The molecule has 0 fully saturated rings. The Morgan fingerprint density at radius 1 is 0.518 bits per heavy atom. The maximum atomic E-state index is 12.0. The molecule has 0 amide bonds. The molecule has 0 aliphatic carbocycles. The van der Waals surface area contributed by atoms with Crippen LogP contribution in [0.3, 0.4) is 0 Å². The van der Waals surface area contributed by atoms with Crippen LogP contribution < -0.4 is 80.1 Å². The minimum Gasteiger partial charge on any atom is -0.748 e. The molecule has 10 nitrogen and oxygen atoms in total. The Hall–Kier alpha value is -4.53. The van der Waals surface area contributed by atoms with Crippen molar-refractivity contribution in [3.05, 3.63) is 133 Å². The summed E-state index contributed by atoms with van der Waals surface area (Å²) in [7, 11) is 2.12. The summed E-state index contributed by atoms with van der Waals surface area (Å²) in [6, 6.07) is 44.1. The summed E-state index contributed by atoms with van der Waals surface area (Å²) in [6.07, 6.45) is 0.169. The van der Waals surface area contributed by atoms with Gasteiger partial charge in [0.05, 0.1) is 38.6 Å². The molecule has 1 heterocycles. The number of fused-ring (bicyclic) bond motifs is 3. The smallest absolute Gasteiger partial charge is 0.748 e. The van der Waals surface area contributed by atoms with Crippen LogP contribution in [0.25, 0.3) is 21.8 Å². The van der Waals surface area contributed by atoms with Crippen LogP contribution in [-0.4, -0.2) is 51.2 Å². The van der Waals surface area contributed by atoms with Gasteiger partial charge in [0.15, 0.2) is 0 Å². The van der Waals surface area contributed by atoms with Crippen molar-refractivity contribution in [2.45, 2.75) is 25.1 Å². The first-order valence-corrected chi connectivity index (χ1v) is 19.3. The second-order valence-corrected chi connectivity index (χ2v) is 14.9. The Balaban J connectivity index is 0.00000532. The van der Waals surface area contributed by atoms with Gasteiger partial charge in [-0.2, -0.15) is 0 Å². The van der Waals surface area contributed by atoms with E-state index in [0.29, 0.717) is 6.54 Å². The molecule has 7 aromatic rings. The molecule has 0 bridgehead atoms. The molecule has 0 saturated carbocycles. The van der Waals surface area contributed by atoms with E-state index in [1.165, 1.54) is 6.92 Å². The third kappa shape index (κ3) is 8.57. The zero-order valence-electron chi connectivity index (χ0n) is 32.3. The Morgan fingerprint density at radius 2 is 0.804 bits per heavy atom. The first-order valence-electron chi connectivity index (χ1n) is 17.8. The largest absolute Gasteiger partial charge is 1.00 e. The molecule has 1 unspecified atom stereocenters. The van der Waals surface area contributed by atoms with Gasteiger partial charge in [-0.3, -0.25) is 0 Å². The number of hydrogen-bond donors (Lipinski definition) is 0. The third-order valence-electron chi connectivity index (χ3n) is 9.92. The zero-order chi connectivity index (χ0) is 38.7. The predicted molar refractivity (Wildman–Crippen MR) is 219 cm³/mol. The molecular weight excluding hydrogens is 754 g/mol. The topological polar surface area (TPSA) is 106 Å². The quantitative estimate of drug-likeness (QED) is 0.0843. The van der Waals surface area contributed by atoms with Crippen molar-refractivity contribution in [2.75, 3.05) is 38.2 Å². The standard InChI is InChI=1S/C44H43N3O7S.K/c1-30(55(48,49)50)26-27-45-43-24-14-35(46(31-6-16-37(51-2)17-7-31)32-8-18-38(52-3)19-9-32)28-41(43)42-29-36(15-25-44(42)45)47(33-10-20-39(53-4)21-11-33)34-12-22-40(54-5)23-13-34;/h6-25,28-30H,26-27H2,1-5H3,(H,48,49,50);/q;+1/p-1. The average Bonchev–Trinajstić information content (AvgIpc) is 3.52. The van der Waals surface area contributed by atoms with E-state index in [4.69, 9.17) is 18.9 Å². The van der Waals surface area contributed by atoms with E-state index in [2.05, 4.69) is 50.8 Å². The van der Waals surface area contributed by atoms with Crippen LogP contribution >= 0.6 is 0 Å². The molecule has 1 aromatic heterocycles. The second-order valence-electron chi connectivity index (χ2n) is 13.1. The number of ether oxygens (including phenoxy) is 4. The summed E-state index contributed by atoms with van der Waals surface area (Å²) in [5, 5.41) is 0.881. The molecule has 1 atom stereocenters. The molecule has 12 heteroatoms. The van der Waals surface area contributed by atoms with Gasteiger partial charge in [-0.1, -0.05) is 0 Å². The van der Waals surface area contributed by atoms with Crippen molar-refractivity contribution in [3.63, 3.8) is 0 Å². The maximum Gasteiger partial charge on any atom is 1.00 e. The van der Waals surface area contributed by atoms with E-state index in [9.17, 15) is 13.0 Å². The molecule has 0 aliphatic heterocycles. The van der Waals surface area contributed by atoms with Crippen molar-refractivity contribution in [2.24, 2.45) is 0 Å². The number of rotatable bonds is 14. The number of benzene rings is 6. The number of aryl methyl sites for hydroxylation is 1. The van der Waals surface area contributed by atoms with Crippen molar-refractivity contribution < 1.29 is 83.3 Å². The Kier molecular flexibility index (Phi) is 13.0. The molecule has 0 spiro atoms. The van der Waals surface area contributed by atoms with E-state index in [1.807, 2.05) is 97.1 Å². The van der Waals surface area contributed by atoms with Crippen molar-refractivity contribution in [1.82, 2.24) is 4.57 Å². The first kappa shape index (κ1) is 41.1. The number of aromatic nitrogens is 1. The summed E-state index contributed by atoms with van der Waals surface area (Å²) >= 11 is 0. The monoisotopic (exact) mass is 795 g/mol. The molecule has 7 rings (SSSR count). The van der Waals surface area contributed by atoms with Crippen molar-refractivity contribution >= 4 is 66.0 Å². The molecule has 0 saturated heterocycles. The average molecular weight is 796 g/mol. The summed E-state index contributed by atoms with van der Waals surface area (Å²) in [6.45, 7) is 1.80. The van der Waals surface area contributed by atoms with Crippen molar-refractivity contribution in [1.29, 1.82) is 0 Å². The summed E-state index contributed by atoms with van der Waals surface area (Å²) in [4.78, 5) is 4.33. The maximum absolute atomic E-state index is 12.0. The Labute approximate surface area is 370 Å². The van der Waals surface area contributed by atoms with E-state index >= 15 is 0 Å². The minimum absolute atomic E-state index is 0. The fourth-order valence-corrected chi connectivity index (χ4v) is 7.27. The van der Waals surface area contributed by atoms with E-state index < -0.39 is 15.4 Å². The van der Waals surface area contributed by atoms with Gasteiger partial charge in [0.1, 0.15) is 23.0 Å². The van der Waals surface area contributed by atoms with Crippen LogP contribution in [0.15, 0.2) is 133 Å². The van der Waals surface area contributed by atoms with Crippen LogP contribution in [0.1, 0.15) is 13.3 Å². The summed E-state index contributed by atoms with van der Waals surface area (Å²) in [5.74, 6) is 2.99. The first-order chi connectivity index (χ1) is 26.6. The van der Waals surface area contributed by atoms with E-state index in [-0.39, 0.29) is 57.8 Å². The van der Waals surface area contributed by atoms with Gasteiger partial charge >= 0.3 is 51.4 Å². The van der Waals surface area contributed by atoms with Crippen LogP contribution in [-0.2, 0) is 16.7 Å². The fourth-order valence-electron chi connectivity index (χ4n) is 6.87. The molecule has 0 aliphatic rings. The second kappa shape index (κ2) is 17.7. The van der Waals surface area contributed by atoms with Gasteiger partial charge < -0.3 is 37.9 Å². The summed E-state index contributed by atoms with van der Waals surface area (Å²) < 4.78 is 59.8. The van der Waals surface area contributed by atoms with Gasteiger partial charge in [-0.15, -0.1) is 0 Å². The van der Waals surface area contributed by atoms with Crippen molar-refractivity contribution in [3.8, 4) is 23.0 Å². The van der Waals surface area contributed by atoms with Gasteiger partial charge in [-0.25, -0.2) is 8.42 Å². The van der Waals surface area contributed by atoms with Crippen LogP contribution in [0, 0.1) is 0 Å². The number of anilines is 6. The van der Waals surface area contributed by atoms with Crippen LogP contribution in [0.2, 0.25) is 0 Å². The molecule has 0 N–H and O–H groups in total. The van der Waals surface area contributed by atoms with E-state index in [1.54, 1.807) is 28.4 Å². The Bertz CT molecular complexity index is 2270. The fraction of sp³-hybridized carbons (Fsp3) is 0.182. The molecular formula is C44H42KN3O7S. The van der Waals surface area contributed by atoms with Crippen LogP contribution in [0.4, 0.5) is 34.1 Å².